The standard InChI is InChI=1S/C27H24FN5O2/c1-18-6-11-24-30-22(16-33(24)15-18)17-35-23-9-7-19(8-10-23)27(34)31-25(26-29-12-13-32(26)2)20-4-3-5-21(28)14-20/h3-16,25H,17H2,1-2H3,(H,31,34). The van der Waals surface area contributed by atoms with Crippen molar-refractivity contribution >= 4 is 11.6 Å². The topological polar surface area (TPSA) is 73.4 Å². The monoisotopic (exact) mass is 469 g/mol. The summed E-state index contributed by atoms with van der Waals surface area (Å²) in [7, 11) is 1.83. The van der Waals surface area contributed by atoms with Gasteiger partial charge in [-0.2, -0.15) is 0 Å². The number of halogens is 1. The summed E-state index contributed by atoms with van der Waals surface area (Å²) in [6.07, 6.45) is 7.38. The van der Waals surface area contributed by atoms with E-state index in [9.17, 15) is 9.18 Å². The second-order valence-electron chi connectivity index (χ2n) is 8.38. The Bertz CT molecular complexity index is 1490. The van der Waals surface area contributed by atoms with Crippen molar-refractivity contribution in [3.8, 4) is 5.75 Å². The predicted octanol–water partition coefficient (Wildman–Crippen LogP) is 4.61. The number of carbonyl (C=O) groups excluding carboxylic acids is 1. The lowest BCUT2D eigenvalue weighted by Crippen LogP contribution is -2.31. The molecular formula is C27H24FN5O2. The molecule has 0 saturated carbocycles. The zero-order valence-corrected chi connectivity index (χ0v) is 19.4. The fourth-order valence-electron chi connectivity index (χ4n) is 3.94. The molecule has 3 aromatic heterocycles. The molecule has 1 amide bonds. The molecule has 0 aliphatic heterocycles. The molecule has 0 radical (unpaired) electrons. The molecule has 0 aliphatic carbocycles. The summed E-state index contributed by atoms with van der Waals surface area (Å²) < 4.78 is 23.5. The molecule has 1 atom stereocenters. The van der Waals surface area contributed by atoms with Crippen LogP contribution in [0.25, 0.3) is 5.65 Å². The van der Waals surface area contributed by atoms with Gasteiger partial charge in [-0.15, -0.1) is 0 Å². The number of benzene rings is 2. The zero-order valence-electron chi connectivity index (χ0n) is 19.4. The molecule has 7 nitrogen and oxygen atoms in total. The number of ether oxygens (including phenoxy) is 1. The van der Waals surface area contributed by atoms with Gasteiger partial charge in [0.1, 0.15) is 35.7 Å². The van der Waals surface area contributed by atoms with Crippen molar-refractivity contribution in [2.24, 2.45) is 7.05 Å². The van der Waals surface area contributed by atoms with E-state index in [1.165, 1.54) is 12.1 Å². The number of pyridine rings is 1. The van der Waals surface area contributed by atoms with E-state index in [0.717, 1.165) is 16.9 Å². The van der Waals surface area contributed by atoms with Crippen LogP contribution in [0.2, 0.25) is 0 Å². The van der Waals surface area contributed by atoms with Crippen molar-refractivity contribution < 1.29 is 13.9 Å². The molecule has 5 rings (SSSR count). The van der Waals surface area contributed by atoms with E-state index in [2.05, 4.69) is 15.3 Å². The highest BCUT2D eigenvalue weighted by Gasteiger charge is 2.22. The quantitative estimate of drug-likeness (QED) is 0.378. The van der Waals surface area contributed by atoms with Crippen LogP contribution >= 0.6 is 0 Å². The highest BCUT2D eigenvalue weighted by molar-refractivity contribution is 5.94. The Kier molecular flexibility index (Phi) is 6.01. The number of hydrogen-bond donors (Lipinski definition) is 1. The van der Waals surface area contributed by atoms with Gasteiger partial charge in [-0.1, -0.05) is 18.2 Å². The van der Waals surface area contributed by atoms with Gasteiger partial charge in [0.15, 0.2) is 0 Å². The normalized spacial score (nSPS) is 12.0. The number of imidazole rings is 2. The lowest BCUT2D eigenvalue weighted by atomic mass is 10.0. The number of fused-ring (bicyclic) bond motifs is 1. The van der Waals surface area contributed by atoms with Crippen LogP contribution in [0.3, 0.4) is 0 Å². The number of carbonyl (C=O) groups is 1. The number of hydrogen-bond acceptors (Lipinski definition) is 4. The minimum atomic E-state index is -0.604. The van der Waals surface area contributed by atoms with Crippen LogP contribution in [0.5, 0.6) is 5.75 Å². The largest absolute Gasteiger partial charge is 0.487 e. The molecule has 35 heavy (non-hydrogen) atoms. The molecule has 0 bridgehead atoms. The Labute approximate surface area is 201 Å². The SMILES string of the molecule is Cc1ccc2nc(COc3ccc(C(=O)NC(c4cccc(F)c4)c4nccn4C)cc3)cn2c1. The van der Waals surface area contributed by atoms with Gasteiger partial charge in [-0.05, 0) is 60.5 Å². The maximum Gasteiger partial charge on any atom is 0.252 e. The number of nitrogens with zero attached hydrogens (tertiary/aromatic N) is 4. The first kappa shape index (κ1) is 22.3. The summed E-state index contributed by atoms with van der Waals surface area (Å²) >= 11 is 0. The van der Waals surface area contributed by atoms with E-state index in [1.54, 1.807) is 53.4 Å². The number of nitrogens with one attached hydrogen (secondary N) is 1. The number of rotatable bonds is 7. The van der Waals surface area contributed by atoms with E-state index in [1.807, 2.05) is 42.9 Å². The van der Waals surface area contributed by atoms with Crippen molar-refractivity contribution in [3.05, 3.63) is 119 Å². The first-order valence-electron chi connectivity index (χ1n) is 11.2. The van der Waals surface area contributed by atoms with Crippen molar-refractivity contribution in [2.45, 2.75) is 19.6 Å². The van der Waals surface area contributed by atoms with Crippen molar-refractivity contribution in [1.29, 1.82) is 0 Å². The van der Waals surface area contributed by atoms with Crippen LogP contribution in [0.15, 0.2) is 85.5 Å². The summed E-state index contributed by atoms with van der Waals surface area (Å²) in [6, 6.07) is 16.4. The van der Waals surface area contributed by atoms with Gasteiger partial charge in [-0.3, -0.25) is 4.79 Å². The lowest BCUT2D eigenvalue weighted by Gasteiger charge is -2.19. The molecule has 8 heteroatoms. The molecule has 1 unspecified atom stereocenters. The van der Waals surface area contributed by atoms with Crippen molar-refractivity contribution in [3.63, 3.8) is 0 Å². The van der Waals surface area contributed by atoms with E-state index in [-0.39, 0.29) is 11.7 Å². The van der Waals surface area contributed by atoms with E-state index >= 15 is 0 Å². The molecule has 0 saturated heterocycles. The van der Waals surface area contributed by atoms with Gasteiger partial charge >= 0.3 is 0 Å². The first-order chi connectivity index (χ1) is 17.0. The molecule has 3 heterocycles. The molecule has 0 fully saturated rings. The Morgan fingerprint density at radius 3 is 2.69 bits per heavy atom. The summed E-state index contributed by atoms with van der Waals surface area (Å²) in [4.78, 5) is 21.9. The predicted molar refractivity (Wildman–Crippen MR) is 130 cm³/mol. The third kappa shape index (κ3) is 4.91. The minimum Gasteiger partial charge on any atom is -0.487 e. The second-order valence-corrected chi connectivity index (χ2v) is 8.38. The summed E-state index contributed by atoms with van der Waals surface area (Å²) in [5.74, 6) is 0.551. The second kappa shape index (κ2) is 9.42. The van der Waals surface area contributed by atoms with Crippen LogP contribution < -0.4 is 10.1 Å². The average molecular weight is 470 g/mol. The first-order valence-corrected chi connectivity index (χ1v) is 11.2. The highest BCUT2D eigenvalue weighted by Crippen LogP contribution is 2.22. The number of aromatic nitrogens is 4. The molecule has 0 aliphatic rings. The molecule has 0 spiro atoms. The summed E-state index contributed by atoms with van der Waals surface area (Å²) in [5.41, 5.74) is 3.89. The van der Waals surface area contributed by atoms with Crippen LogP contribution in [0, 0.1) is 12.7 Å². The van der Waals surface area contributed by atoms with Gasteiger partial charge in [0, 0.05) is 37.4 Å². The Morgan fingerprint density at radius 1 is 1.11 bits per heavy atom. The van der Waals surface area contributed by atoms with Crippen LogP contribution in [0.1, 0.15) is 39.0 Å². The highest BCUT2D eigenvalue weighted by atomic mass is 19.1. The van der Waals surface area contributed by atoms with Crippen molar-refractivity contribution in [2.75, 3.05) is 0 Å². The molecule has 176 valence electrons. The summed E-state index contributed by atoms with van der Waals surface area (Å²) in [5, 5.41) is 2.97. The fourth-order valence-corrected chi connectivity index (χ4v) is 3.94. The smallest absolute Gasteiger partial charge is 0.252 e. The maximum absolute atomic E-state index is 13.9. The van der Waals surface area contributed by atoms with Gasteiger partial charge in [0.05, 0.1) is 5.69 Å². The minimum absolute atomic E-state index is 0.301. The molecule has 1 N–H and O–H groups in total. The fraction of sp³-hybridized carbons (Fsp3) is 0.148. The van der Waals surface area contributed by atoms with Crippen LogP contribution in [0.4, 0.5) is 4.39 Å². The number of amides is 1. The van der Waals surface area contributed by atoms with Crippen molar-refractivity contribution in [1.82, 2.24) is 24.3 Å². The number of aryl methyl sites for hydroxylation is 2. The van der Waals surface area contributed by atoms with Gasteiger partial charge < -0.3 is 19.0 Å². The van der Waals surface area contributed by atoms with E-state index in [0.29, 0.717) is 29.3 Å². The van der Waals surface area contributed by atoms with Crippen LogP contribution in [-0.2, 0) is 13.7 Å². The molecule has 2 aromatic carbocycles. The zero-order chi connectivity index (χ0) is 24.4. The van der Waals surface area contributed by atoms with E-state index in [4.69, 9.17) is 4.74 Å². The van der Waals surface area contributed by atoms with Gasteiger partial charge in [-0.25, -0.2) is 14.4 Å². The molecule has 5 aromatic rings. The maximum atomic E-state index is 13.9. The van der Waals surface area contributed by atoms with Gasteiger partial charge in [0.25, 0.3) is 5.91 Å². The average Bonchev–Trinajstić information content (AvgIpc) is 3.46. The third-order valence-corrected chi connectivity index (χ3v) is 5.73. The third-order valence-electron chi connectivity index (χ3n) is 5.73. The Morgan fingerprint density at radius 2 is 1.94 bits per heavy atom. The summed E-state index contributed by atoms with van der Waals surface area (Å²) in [6.45, 7) is 2.34. The Hall–Kier alpha value is -4.46. The molecular weight excluding hydrogens is 445 g/mol. The van der Waals surface area contributed by atoms with E-state index < -0.39 is 6.04 Å². The van der Waals surface area contributed by atoms with Gasteiger partial charge in [0.2, 0.25) is 0 Å². The lowest BCUT2D eigenvalue weighted by molar-refractivity contribution is 0.0941. The Balaban J connectivity index is 1.28. The van der Waals surface area contributed by atoms with Crippen LogP contribution in [-0.4, -0.2) is 24.8 Å².